The van der Waals surface area contributed by atoms with Crippen LogP contribution in [0.5, 0.6) is 0 Å². The molecule has 16 heavy (non-hydrogen) atoms. The van der Waals surface area contributed by atoms with Crippen LogP contribution in [-0.4, -0.2) is 5.91 Å². The van der Waals surface area contributed by atoms with Gasteiger partial charge in [0.25, 0.3) is 0 Å². The van der Waals surface area contributed by atoms with E-state index in [0.717, 1.165) is 31.4 Å². The van der Waals surface area contributed by atoms with Crippen molar-refractivity contribution in [3.63, 3.8) is 0 Å². The Labute approximate surface area is 97.2 Å². The Morgan fingerprint density at radius 1 is 1.38 bits per heavy atom. The summed E-state index contributed by atoms with van der Waals surface area (Å²) in [5.41, 5.74) is 0. The summed E-state index contributed by atoms with van der Waals surface area (Å²) in [5, 5.41) is 2.92. The molecule has 0 aromatic carbocycles. The van der Waals surface area contributed by atoms with E-state index in [1.54, 1.807) is 6.26 Å². The molecule has 0 fully saturated rings. The van der Waals surface area contributed by atoms with Crippen molar-refractivity contribution in [3.8, 4) is 0 Å². The second-order valence-electron chi connectivity index (χ2n) is 4.07. The molecule has 0 radical (unpaired) electrons. The molecule has 0 aliphatic rings. The van der Waals surface area contributed by atoms with Gasteiger partial charge in [-0.25, -0.2) is 0 Å². The number of amides is 1. The predicted octanol–water partition coefficient (Wildman–Crippen LogP) is 3.11. The normalized spacial score (nSPS) is 10.7. The van der Waals surface area contributed by atoms with Gasteiger partial charge in [-0.1, -0.05) is 26.7 Å². The van der Waals surface area contributed by atoms with Crippen molar-refractivity contribution in [3.05, 3.63) is 24.2 Å². The van der Waals surface area contributed by atoms with E-state index in [9.17, 15) is 4.79 Å². The van der Waals surface area contributed by atoms with Gasteiger partial charge in [0.15, 0.2) is 0 Å². The fourth-order valence-corrected chi connectivity index (χ4v) is 1.84. The van der Waals surface area contributed by atoms with Crippen molar-refractivity contribution in [2.45, 2.75) is 46.1 Å². The van der Waals surface area contributed by atoms with Crippen LogP contribution in [0.25, 0.3) is 0 Å². The average Bonchev–Trinajstić information content (AvgIpc) is 2.78. The van der Waals surface area contributed by atoms with Gasteiger partial charge in [-0.3, -0.25) is 4.79 Å². The number of nitrogens with one attached hydrogen (secondary N) is 1. The first-order valence-electron chi connectivity index (χ1n) is 6.08. The van der Waals surface area contributed by atoms with Crippen LogP contribution in [0.3, 0.4) is 0 Å². The molecule has 1 rings (SSSR count). The molecular weight excluding hydrogens is 202 g/mol. The predicted molar refractivity (Wildman–Crippen MR) is 63.9 cm³/mol. The fraction of sp³-hybridized carbons (Fsp3) is 0.615. The highest BCUT2D eigenvalue weighted by Gasteiger charge is 2.16. The van der Waals surface area contributed by atoms with Crippen LogP contribution in [0.4, 0.5) is 0 Å². The summed E-state index contributed by atoms with van der Waals surface area (Å²) in [6, 6.07) is 3.70. The third kappa shape index (κ3) is 4.09. The molecule has 0 unspecified atom stereocenters. The van der Waals surface area contributed by atoms with E-state index in [2.05, 4.69) is 19.2 Å². The Balaban J connectivity index is 2.36. The van der Waals surface area contributed by atoms with Crippen LogP contribution < -0.4 is 5.32 Å². The Morgan fingerprint density at radius 3 is 2.56 bits per heavy atom. The molecule has 3 nitrogen and oxygen atoms in total. The number of rotatable bonds is 7. The number of furan rings is 1. The van der Waals surface area contributed by atoms with Gasteiger partial charge < -0.3 is 9.73 Å². The van der Waals surface area contributed by atoms with Gasteiger partial charge in [0.1, 0.15) is 5.76 Å². The minimum absolute atomic E-state index is 0.153. The highest BCUT2D eigenvalue weighted by atomic mass is 16.3. The Bertz CT molecular complexity index is 287. The van der Waals surface area contributed by atoms with Gasteiger partial charge in [-0.2, -0.15) is 0 Å². The lowest BCUT2D eigenvalue weighted by Crippen LogP contribution is -2.30. The van der Waals surface area contributed by atoms with Gasteiger partial charge in [0.2, 0.25) is 5.91 Å². The molecule has 0 atom stereocenters. The number of hydrogen-bond acceptors (Lipinski definition) is 2. The van der Waals surface area contributed by atoms with Crippen molar-refractivity contribution in [1.29, 1.82) is 0 Å². The van der Waals surface area contributed by atoms with E-state index in [1.165, 1.54) is 0 Å². The van der Waals surface area contributed by atoms with E-state index in [0.29, 0.717) is 6.54 Å². The second-order valence-corrected chi connectivity index (χ2v) is 4.07. The number of carbonyl (C=O) groups is 1. The molecule has 1 N–H and O–H groups in total. The second kappa shape index (κ2) is 7.09. The summed E-state index contributed by atoms with van der Waals surface area (Å²) in [5.74, 6) is 1.12. The molecule has 0 spiro atoms. The first kappa shape index (κ1) is 12.8. The summed E-state index contributed by atoms with van der Waals surface area (Å²) < 4.78 is 5.17. The summed E-state index contributed by atoms with van der Waals surface area (Å²) in [4.78, 5) is 11.9. The van der Waals surface area contributed by atoms with Crippen LogP contribution in [0.15, 0.2) is 22.8 Å². The molecule has 1 aromatic heterocycles. The van der Waals surface area contributed by atoms with Gasteiger partial charge in [0.05, 0.1) is 12.8 Å². The van der Waals surface area contributed by atoms with Crippen LogP contribution in [0.1, 0.15) is 45.3 Å². The zero-order valence-corrected chi connectivity index (χ0v) is 10.2. The highest BCUT2D eigenvalue weighted by Crippen LogP contribution is 2.13. The van der Waals surface area contributed by atoms with Crippen molar-refractivity contribution < 1.29 is 9.21 Å². The molecule has 1 heterocycles. The standard InChI is InChI=1S/C13H21NO2/c1-3-6-11(7-4-2)13(15)14-10-12-8-5-9-16-12/h5,8-9,11H,3-4,6-7,10H2,1-2H3,(H,14,15). The first-order chi connectivity index (χ1) is 7.77. The maximum Gasteiger partial charge on any atom is 0.223 e. The summed E-state index contributed by atoms with van der Waals surface area (Å²) in [6.45, 7) is 4.72. The molecule has 0 aliphatic heterocycles. The molecule has 0 bridgehead atoms. The van der Waals surface area contributed by atoms with E-state index < -0.39 is 0 Å². The minimum Gasteiger partial charge on any atom is -0.467 e. The van der Waals surface area contributed by atoms with Crippen molar-refractivity contribution in [2.75, 3.05) is 0 Å². The van der Waals surface area contributed by atoms with E-state index in [-0.39, 0.29) is 11.8 Å². The molecule has 1 amide bonds. The third-order valence-corrected chi connectivity index (χ3v) is 2.66. The van der Waals surface area contributed by atoms with Crippen molar-refractivity contribution in [2.24, 2.45) is 5.92 Å². The number of hydrogen-bond donors (Lipinski definition) is 1. The van der Waals surface area contributed by atoms with Gasteiger partial charge >= 0.3 is 0 Å². The number of carbonyl (C=O) groups excluding carboxylic acids is 1. The molecule has 1 aromatic rings. The van der Waals surface area contributed by atoms with Crippen LogP contribution in [-0.2, 0) is 11.3 Å². The topological polar surface area (TPSA) is 42.2 Å². The summed E-state index contributed by atoms with van der Waals surface area (Å²) in [6.07, 6.45) is 5.67. The zero-order chi connectivity index (χ0) is 11.8. The molecule has 90 valence electrons. The van der Waals surface area contributed by atoms with Crippen LogP contribution >= 0.6 is 0 Å². The Kier molecular flexibility index (Phi) is 5.68. The monoisotopic (exact) mass is 223 g/mol. The van der Waals surface area contributed by atoms with Gasteiger partial charge in [-0.15, -0.1) is 0 Å². The minimum atomic E-state index is 0.153. The molecule has 3 heteroatoms. The Morgan fingerprint density at radius 2 is 2.06 bits per heavy atom. The van der Waals surface area contributed by atoms with E-state index in [1.807, 2.05) is 12.1 Å². The van der Waals surface area contributed by atoms with Crippen LogP contribution in [0, 0.1) is 5.92 Å². The third-order valence-electron chi connectivity index (χ3n) is 2.66. The molecular formula is C13H21NO2. The lowest BCUT2D eigenvalue weighted by molar-refractivity contribution is -0.125. The fourth-order valence-electron chi connectivity index (χ4n) is 1.84. The van der Waals surface area contributed by atoms with E-state index in [4.69, 9.17) is 4.42 Å². The lowest BCUT2D eigenvalue weighted by atomic mass is 9.97. The van der Waals surface area contributed by atoms with Crippen molar-refractivity contribution in [1.82, 2.24) is 5.32 Å². The zero-order valence-electron chi connectivity index (χ0n) is 10.2. The van der Waals surface area contributed by atoms with Gasteiger partial charge in [0, 0.05) is 5.92 Å². The smallest absolute Gasteiger partial charge is 0.223 e. The molecule has 0 aliphatic carbocycles. The largest absolute Gasteiger partial charge is 0.467 e. The van der Waals surface area contributed by atoms with Gasteiger partial charge in [-0.05, 0) is 25.0 Å². The van der Waals surface area contributed by atoms with Crippen molar-refractivity contribution >= 4 is 5.91 Å². The lowest BCUT2D eigenvalue weighted by Gasteiger charge is -2.14. The summed E-state index contributed by atoms with van der Waals surface area (Å²) in [7, 11) is 0. The Hall–Kier alpha value is -1.25. The highest BCUT2D eigenvalue weighted by molar-refractivity contribution is 5.78. The SMILES string of the molecule is CCCC(CCC)C(=O)NCc1ccco1. The molecule has 0 saturated heterocycles. The van der Waals surface area contributed by atoms with Crippen LogP contribution in [0.2, 0.25) is 0 Å². The molecule has 0 saturated carbocycles. The maximum atomic E-state index is 11.9. The quantitative estimate of drug-likeness (QED) is 0.771. The van der Waals surface area contributed by atoms with E-state index >= 15 is 0 Å². The average molecular weight is 223 g/mol. The maximum absolute atomic E-state index is 11.9. The summed E-state index contributed by atoms with van der Waals surface area (Å²) >= 11 is 0. The first-order valence-corrected chi connectivity index (χ1v) is 6.08.